The number of para-hydroxylation sites is 1. The van der Waals surface area contributed by atoms with Gasteiger partial charge in [-0.05, 0) is 38.5 Å². The quantitative estimate of drug-likeness (QED) is 0.244. The zero-order chi connectivity index (χ0) is 34.5. The van der Waals surface area contributed by atoms with Crippen molar-refractivity contribution in [3.63, 3.8) is 0 Å². The number of anilines is 2. The van der Waals surface area contributed by atoms with Crippen LogP contribution in [0.1, 0.15) is 49.6 Å². The molecule has 2 fully saturated rings. The number of fused-ring (bicyclic) bond motifs is 1. The predicted molar refractivity (Wildman–Crippen MR) is 165 cm³/mol. The summed E-state index contributed by atoms with van der Waals surface area (Å²) in [6, 6.07) is 6.77. The third kappa shape index (κ3) is 5.66. The second-order valence-corrected chi connectivity index (χ2v) is 12.1. The number of amides is 3. The van der Waals surface area contributed by atoms with Gasteiger partial charge in [-0.15, -0.1) is 0 Å². The SMILES string of the molecule is Cn1c(=O)n(C2CCC(=O)NC2=O)c2cccc(N3CC(C#Cc4cnn(C(C)(C)C(=O)Nc5cnc(C#N)c(C(F)(F)F)c5)c4)C3)c21. The fraction of sp³-hybridized carbons (Fsp3) is 0.344. The highest BCUT2D eigenvalue weighted by atomic mass is 19.4. The van der Waals surface area contributed by atoms with E-state index in [0.717, 1.165) is 11.9 Å². The largest absolute Gasteiger partial charge is 0.419 e. The van der Waals surface area contributed by atoms with E-state index in [1.54, 1.807) is 33.2 Å². The number of rotatable bonds is 5. The number of aryl methyl sites for hydroxylation is 1. The Kier molecular flexibility index (Phi) is 7.83. The molecule has 6 rings (SSSR count). The van der Waals surface area contributed by atoms with E-state index in [9.17, 15) is 32.3 Å². The Hall–Kier alpha value is -5.90. The summed E-state index contributed by atoms with van der Waals surface area (Å²) < 4.78 is 44.3. The van der Waals surface area contributed by atoms with Crippen LogP contribution in [0.15, 0.2) is 47.7 Å². The lowest BCUT2D eigenvalue weighted by molar-refractivity contribution is -0.138. The monoisotopic (exact) mass is 659 g/mol. The molecule has 2 aliphatic rings. The van der Waals surface area contributed by atoms with E-state index in [-0.39, 0.29) is 36.0 Å². The maximum atomic E-state index is 13.3. The van der Waals surface area contributed by atoms with E-state index in [4.69, 9.17) is 5.26 Å². The minimum atomic E-state index is -4.82. The van der Waals surface area contributed by atoms with Gasteiger partial charge in [0.2, 0.25) is 11.8 Å². The fourth-order valence-electron chi connectivity index (χ4n) is 5.77. The average molecular weight is 660 g/mol. The number of nitrogens with zero attached hydrogens (tertiary/aromatic N) is 7. The highest BCUT2D eigenvalue weighted by Gasteiger charge is 2.37. The number of piperidine rings is 1. The Balaban J connectivity index is 1.14. The summed E-state index contributed by atoms with van der Waals surface area (Å²) in [5.41, 5.74) is -1.32. The van der Waals surface area contributed by atoms with Crippen molar-refractivity contribution in [3.05, 3.63) is 70.2 Å². The van der Waals surface area contributed by atoms with Crippen LogP contribution in [0.3, 0.4) is 0 Å². The zero-order valence-corrected chi connectivity index (χ0v) is 25.9. The molecule has 3 amide bonds. The summed E-state index contributed by atoms with van der Waals surface area (Å²) in [4.78, 5) is 56.1. The first-order chi connectivity index (χ1) is 22.7. The molecule has 0 bridgehead atoms. The number of aromatic nitrogens is 5. The van der Waals surface area contributed by atoms with E-state index in [1.807, 2.05) is 12.1 Å². The topological polar surface area (TPSA) is 160 Å². The first kappa shape index (κ1) is 32.1. The van der Waals surface area contributed by atoms with Gasteiger partial charge in [-0.1, -0.05) is 17.9 Å². The molecule has 2 aliphatic heterocycles. The van der Waals surface area contributed by atoms with Gasteiger partial charge in [-0.2, -0.15) is 23.5 Å². The van der Waals surface area contributed by atoms with Crippen LogP contribution in [0.25, 0.3) is 11.0 Å². The molecule has 246 valence electrons. The number of halogens is 3. The molecule has 0 spiro atoms. The molecule has 5 heterocycles. The van der Waals surface area contributed by atoms with Gasteiger partial charge >= 0.3 is 11.9 Å². The number of nitriles is 1. The summed E-state index contributed by atoms with van der Waals surface area (Å²) in [6.07, 6.45) is -0.399. The van der Waals surface area contributed by atoms with Crippen molar-refractivity contribution < 1.29 is 27.6 Å². The number of imide groups is 1. The number of carbonyl (C=O) groups excluding carboxylic acids is 3. The lowest BCUT2D eigenvalue weighted by atomic mass is 9.99. The molecule has 0 aliphatic carbocycles. The molecule has 13 nitrogen and oxygen atoms in total. The molecule has 1 atom stereocenters. The van der Waals surface area contributed by atoms with Crippen LogP contribution in [0, 0.1) is 29.1 Å². The third-order valence-electron chi connectivity index (χ3n) is 8.51. The molecule has 4 aromatic rings. The minimum absolute atomic E-state index is 0.0131. The van der Waals surface area contributed by atoms with Crippen molar-refractivity contribution in [1.29, 1.82) is 5.26 Å². The number of imidazole rings is 1. The van der Waals surface area contributed by atoms with Crippen molar-refractivity contribution in [2.24, 2.45) is 13.0 Å². The predicted octanol–water partition coefficient (Wildman–Crippen LogP) is 2.66. The Bertz CT molecular complexity index is 2150. The van der Waals surface area contributed by atoms with Crippen LogP contribution in [0.2, 0.25) is 0 Å². The van der Waals surface area contributed by atoms with Gasteiger partial charge in [-0.25, -0.2) is 9.78 Å². The molecule has 1 aromatic carbocycles. The third-order valence-corrected chi connectivity index (χ3v) is 8.51. The number of hydrogen-bond donors (Lipinski definition) is 2. The van der Waals surface area contributed by atoms with Crippen LogP contribution in [0.4, 0.5) is 24.5 Å². The summed E-state index contributed by atoms with van der Waals surface area (Å²) in [6.45, 7) is 4.23. The number of benzene rings is 1. The lowest BCUT2D eigenvalue weighted by Gasteiger charge is -2.38. The van der Waals surface area contributed by atoms with Crippen molar-refractivity contribution >= 4 is 40.1 Å². The van der Waals surface area contributed by atoms with Crippen LogP contribution < -0.4 is 21.2 Å². The van der Waals surface area contributed by atoms with Gasteiger partial charge in [0, 0.05) is 32.8 Å². The van der Waals surface area contributed by atoms with Gasteiger partial charge in [0.25, 0.3) is 5.91 Å². The molecule has 2 saturated heterocycles. The molecule has 16 heteroatoms. The minimum Gasteiger partial charge on any atom is -0.367 e. The zero-order valence-electron chi connectivity index (χ0n) is 25.9. The second kappa shape index (κ2) is 11.7. The number of alkyl halides is 3. The number of pyridine rings is 1. The maximum absolute atomic E-state index is 13.3. The van der Waals surface area contributed by atoms with Crippen LogP contribution in [0.5, 0.6) is 0 Å². The summed E-state index contributed by atoms with van der Waals surface area (Å²) in [5, 5.41) is 17.9. The average Bonchev–Trinajstić information content (AvgIpc) is 3.59. The molecule has 1 unspecified atom stereocenters. The number of hydrogen-bond acceptors (Lipinski definition) is 8. The highest BCUT2D eigenvalue weighted by Crippen LogP contribution is 2.34. The Morgan fingerprint density at radius 1 is 1.15 bits per heavy atom. The Morgan fingerprint density at radius 3 is 2.58 bits per heavy atom. The summed E-state index contributed by atoms with van der Waals surface area (Å²) >= 11 is 0. The Labute approximate surface area is 270 Å². The molecule has 48 heavy (non-hydrogen) atoms. The Morgan fingerprint density at radius 2 is 1.90 bits per heavy atom. The first-order valence-electron chi connectivity index (χ1n) is 14.8. The van der Waals surface area contributed by atoms with E-state index in [0.29, 0.717) is 35.8 Å². The molecule has 0 radical (unpaired) electrons. The van der Waals surface area contributed by atoms with E-state index < -0.39 is 40.8 Å². The van der Waals surface area contributed by atoms with Crippen LogP contribution in [-0.2, 0) is 33.1 Å². The summed E-state index contributed by atoms with van der Waals surface area (Å²) in [7, 11) is 1.65. The van der Waals surface area contributed by atoms with E-state index in [2.05, 4.69) is 37.5 Å². The standard InChI is InChI=1S/C32H28F3N9O4/c1-31(2,29(47)39-20-11-21(32(33,34)35)22(12-36)37-14-20)43-17-18(13-38-43)7-8-19-15-42(16-19)23-5-4-6-24-27(23)41(3)30(48)44(24)25-9-10-26(45)40-28(25)46/h4-6,11,13-14,17,19,25H,9-10,15-16H2,1-3H3,(H,39,47)(H,40,45,46). The smallest absolute Gasteiger partial charge is 0.367 e. The van der Waals surface area contributed by atoms with Crippen LogP contribution in [-0.4, -0.2) is 54.7 Å². The van der Waals surface area contributed by atoms with Gasteiger partial charge in [0.1, 0.15) is 17.6 Å². The van der Waals surface area contributed by atoms with Crippen molar-refractivity contribution in [2.75, 3.05) is 23.3 Å². The van der Waals surface area contributed by atoms with Crippen molar-refractivity contribution in [2.45, 2.75) is 44.4 Å². The number of nitrogens with one attached hydrogen (secondary N) is 2. The van der Waals surface area contributed by atoms with Gasteiger partial charge in [0.15, 0.2) is 5.69 Å². The van der Waals surface area contributed by atoms with Gasteiger partial charge in [-0.3, -0.25) is 33.5 Å². The van der Waals surface area contributed by atoms with Crippen LogP contribution >= 0.6 is 0 Å². The fourth-order valence-corrected chi connectivity index (χ4v) is 5.77. The van der Waals surface area contributed by atoms with Crippen molar-refractivity contribution in [1.82, 2.24) is 29.2 Å². The maximum Gasteiger partial charge on any atom is 0.419 e. The molecular formula is C32H28F3N9O4. The number of carbonyl (C=O) groups is 3. The molecule has 0 saturated carbocycles. The van der Waals surface area contributed by atoms with Gasteiger partial charge < -0.3 is 10.2 Å². The highest BCUT2D eigenvalue weighted by molar-refractivity contribution is 6.00. The first-order valence-corrected chi connectivity index (χ1v) is 14.8. The second-order valence-electron chi connectivity index (χ2n) is 12.1. The normalized spacial score (nSPS) is 16.9. The molecular weight excluding hydrogens is 631 g/mol. The molecule has 2 N–H and O–H groups in total. The lowest BCUT2D eigenvalue weighted by Crippen LogP contribution is -2.46. The van der Waals surface area contributed by atoms with E-state index in [1.165, 1.54) is 26.1 Å². The van der Waals surface area contributed by atoms with Crippen molar-refractivity contribution in [3.8, 4) is 17.9 Å². The van der Waals surface area contributed by atoms with Gasteiger partial charge in [0.05, 0.1) is 51.8 Å². The summed E-state index contributed by atoms with van der Waals surface area (Å²) in [5.74, 6) is 4.73. The molecule has 3 aromatic heterocycles. The van der Waals surface area contributed by atoms with E-state index >= 15 is 0 Å².